The first-order chi connectivity index (χ1) is 8.66. The summed E-state index contributed by atoms with van der Waals surface area (Å²) in [6.07, 6.45) is 3.74. The van der Waals surface area contributed by atoms with Gasteiger partial charge in [-0.15, -0.1) is 0 Å². The van der Waals surface area contributed by atoms with Crippen molar-refractivity contribution in [3.63, 3.8) is 0 Å². The molecule has 1 aliphatic rings. The van der Waals surface area contributed by atoms with E-state index >= 15 is 0 Å². The molecule has 1 saturated heterocycles. The van der Waals surface area contributed by atoms with Crippen molar-refractivity contribution >= 4 is 5.91 Å². The zero-order valence-electron chi connectivity index (χ0n) is 10.9. The molecule has 100 valence electrons. The average molecular weight is 253 g/mol. The highest BCUT2D eigenvalue weighted by Crippen LogP contribution is 2.14. The van der Waals surface area contributed by atoms with E-state index in [0.717, 1.165) is 19.4 Å². The molecule has 6 nitrogen and oxygen atoms in total. The first-order valence-corrected chi connectivity index (χ1v) is 6.30. The molecule has 2 heterocycles. The highest BCUT2D eigenvalue weighted by Gasteiger charge is 2.20. The molecule has 0 bridgehead atoms. The zero-order valence-corrected chi connectivity index (χ0v) is 10.9. The van der Waals surface area contributed by atoms with Gasteiger partial charge >= 0.3 is 0 Å². The van der Waals surface area contributed by atoms with Crippen molar-refractivity contribution in [2.24, 2.45) is 0 Å². The number of hydrogen-bond donors (Lipinski definition) is 0. The number of hydrogen-bond acceptors (Lipinski definition) is 5. The van der Waals surface area contributed by atoms with E-state index in [2.05, 4.69) is 14.9 Å². The Morgan fingerprint density at radius 2 is 2.28 bits per heavy atom. The number of amides is 1. The van der Waals surface area contributed by atoms with Crippen LogP contribution in [-0.4, -0.2) is 47.4 Å². The summed E-state index contributed by atoms with van der Waals surface area (Å²) in [6.45, 7) is 3.23. The number of aromatic nitrogens is 2. The number of nitrogens with zero attached hydrogens (tertiary/aromatic N) is 3. The van der Waals surface area contributed by atoms with E-state index in [0.29, 0.717) is 17.9 Å². The van der Waals surface area contributed by atoms with E-state index in [1.807, 2.05) is 0 Å². The summed E-state index contributed by atoms with van der Waals surface area (Å²) in [4.78, 5) is 13.7. The largest absolute Gasteiger partial charge is 0.376 e. The Morgan fingerprint density at radius 1 is 1.44 bits per heavy atom. The van der Waals surface area contributed by atoms with Gasteiger partial charge in [-0.05, 0) is 26.2 Å². The highest BCUT2D eigenvalue weighted by molar-refractivity contribution is 5.78. The Bertz CT molecular complexity index is 399. The van der Waals surface area contributed by atoms with Crippen LogP contribution in [-0.2, 0) is 16.0 Å². The Kier molecular flexibility index (Phi) is 4.30. The van der Waals surface area contributed by atoms with Crippen LogP contribution in [0.1, 0.15) is 30.7 Å². The van der Waals surface area contributed by atoms with Crippen LogP contribution >= 0.6 is 0 Å². The number of aryl methyl sites for hydroxylation is 1. The molecule has 0 saturated carbocycles. The third kappa shape index (κ3) is 3.29. The van der Waals surface area contributed by atoms with Gasteiger partial charge in [0.1, 0.15) is 11.4 Å². The molecule has 0 radical (unpaired) electrons. The van der Waals surface area contributed by atoms with Crippen molar-refractivity contribution in [1.82, 2.24) is 15.2 Å². The van der Waals surface area contributed by atoms with Crippen LogP contribution < -0.4 is 0 Å². The predicted molar refractivity (Wildman–Crippen MR) is 64.0 cm³/mol. The van der Waals surface area contributed by atoms with Crippen LogP contribution in [0.5, 0.6) is 0 Å². The van der Waals surface area contributed by atoms with Crippen LogP contribution in [0.4, 0.5) is 0 Å². The molecular weight excluding hydrogens is 234 g/mol. The Morgan fingerprint density at radius 3 is 2.89 bits per heavy atom. The van der Waals surface area contributed by atoms with Gasteiger partial charge in [-0.1, -0.05) is 10.3 Å². The average Bonchev–Trinajstić information content (AvgIpc) is 2.76. The molecule has 1 aliphatic heterocycles. The maximum absolute atomic E-state index is 12.0. The molecule has 1 fully saturated rings. The zero-order chi connectivity index (χ0) is 13.0. The first-order valence-electron chi connectivity index (χ1n) is 6.30. The minimum Gasteiger partial charge on any atom is -0.376 e. The summed E-state index contributed by atoms with van der Waals surface area (Å²) in [5.74, 6) is 0.0166. The monoisotopic (exact) mass is 253 g/mol. The van der Waals surface area contributed by atoms with Gasteiger partial charge in [0.2, 0.25) is 5.91 Å². The quantitative estimate of drug-likeness (QED) is 0.799. The van der Waals surface area contributed by atoms with Crippen molar-refractivity contribution in [2.75, 3.05) is 20.2 Å². The van der Waals surface area contributed by atoms with Gasteiger partial charge in [0.15, 0.2) is 0 Å². The van der Waals surface area contributed by atoms with E-state index in [-0.39, 0.29) is 18.4 Å². The standard InChI is InChI=1S/C12H19N3O3/c1-9-11(14-18-13-9)7-12(16)15(2)8-10-5-3-4-6-17-10/h10H,3-8H2,1-2H3/t10-/m0/s1. The fourth-order valence-electron chi connectivity index (χ4n) is 2.05. The molecular formula is C12H19N3O3. The molecule has 0 spiro atoms. The van der Waals surface area contributed by atoms with E-state index in [9.17, 15) is 4.79 Å². The lowest BCUT2D eigenvalue weighted by Gasteiger charge is -2.27. The van der Waals surface area contributed by atoms with Crippen molar-refractivity contribution < 1.29 is 14.2 Å². The number of rotatable bonds is 4. The Labute approximate surface area is 106 Å². The van der Waals surface area contributed by atoms with E-state index in [4.69, 9.17) is 4.74 Å². The molecule has 1 atom stereocenters. The van der Waals surface area contributed by atoms with Crippen LogP contribution in [0, 0.1) is 6.92 Å². The molecule has 0 aromatic carbocycles. The summed E-state index contributed by atoms with van der Waals surface area (Å²) in [5, 5.41) is 7.38. The van der Waals surface area contributed by atoms with Gasteiger partial charge in [0.25, 0.3) is 0 Å². The summed E-state index contributed by atoms with van der Waals surface area (Å²) < 4.78 is 10.2. The molecule has 18 heavy (non-hydrogen) atoms. The third-order valence-corrected chi connectivity index (χ3v) is 3.24. The van der Waals surface area contributed by atoms with Crippen molar-refractivity contribution in [3.8, 4) is 0 Å². The molecule has 6 heteroatoms. The summed E-state index contributed by atoms with van der Waals surface area (Å²) in [7, 11) is 1.79. The van der Waals surface area contributed by atoms with Gasteiger partial charge in [0, 0.05) is 20.2 Å². The second-order valence-corrected chi connectivity index (χ2v) is 4.74. The molecule has 1 aromatic heterocycles. The van der Waals surface area contributed by atoms with Crippen LogP contribution in [0.3, 0.4) is 0 Å². The lowest BCUT2D eigenvalue weighted by molar-refractivity contribution is -0.131. The molecule has 0 N–H and O–H groups in total. The third-order valence-electron chi connectivity index (χ3n) is 3.24. The first kappa shape index (κ1) is 13.0. The van der Waals surface area contributed by atoms with Crippen LogP contribution in [0.25, 0.3) is 0 Å². The highest BCUT2D eigenvalue weighted by atomic mass is 16.6. The smallest absolute Gasteiger partial charge is 0.228 e. The topological polar surface area (TPSA) is 68.5 Å². The lowest BCUT2D eigenvalue weighted by Crippen LogP contribution is -2.37. The number of carbonyl (C=O) groups is 1. The lowest BCUT2D eigenvalue weighted by atomic mass is 10.1. The van der Waals surface area contributed by atoms with Gasteiger partial charge in [-0.25, -0.2) is 4.63 Å². The van der Waals surface area contributed by atoms with E-state index < -0.39 is 0 Å². The van der Waals surface area contributed by atoms with Crippen molar-refractivity contribution in [2.45, 2.75) is 38.7 Å². The molecule has 0 aliphatic carbocycles. The minimum atomic E-state index is 0.0166. The molecule has 2 rings (SSSR count). The molecule has 0 unspecified atom stereocenters. The van der Waals surface area contributed by atoms with Crippen molar-refractivity contribution in [3.05, 3.63) is 11.4 Å². The fraction of sp³-hybridized carbons (Fsp3) is 0.750. The van der Waals surface area contributed by atoms with Crippen LogP contribution in [0.15, 0.2) is 4.63 Å². The second kappa shape index (κ2) is 5.95. The summed E-state index contributed by atoms with van der Waals surface area (Å²) in [6, 6.07) is 0. The van der Waals surface area contributed by atoms with Gasteiger partial charge < -0.3 is 9.64 Å². The van der Waals surface area contributed by atoms with E-state index in [1.54, 1.807) is 18.9 Å². The second-order valence-electron chi connectivity index (χ2n) is 4.74. The van der Waals surface area contributed by atoms with Gasteiger partial charge in [-0.3, -0.25) is 4.79 Å². The Balaban J connectivity index is 1.83. The summed E-state index contributed by atoms with van der Waals surface area (Å²) >= 11 is 0. The molecule has 1 amide bonds. The minimum absolute atomic E-state index is 0.0166. The van der Waals surface area contributed by atoms with Crippen LogP contribution in [0.2, 0.25) is 0 Å². The normalized spacial score (nSPS) is 19.8. The fourth-order valence-corrected chi connectivity index (χ4v) is 2.05. The van der Waals surface area contributed by atoms with Gasteiger partial charge in [0.05, 0.1) is 12.5 Å². The Hall–Kier alpha value is -1.43. The van der Waals surface area contributed by atoms with E-state index in [1.165, 1.54) is 6.42 Å². The summed E-state index contributed by atoms with van der Waals surface area (Å²) in [5.41, 5.74) is 1.28. The SMILES string of the molecule is Cc1nonc1CC(=O)N(C)C[C@@H]1CCCCO1. The predicted octanol–water partition coefficient (Wildman–Crippen LogP) is 0.948. The number of ether oxygens (including phenoxy) is 1. The number of likely N-dealkylation sites (N-methyl/N-ethyl adjacent to an activating group) is 1. The molecule has 1 aromatic rings. The maximum atomic E-state index is 12.0. The number of carbonyl (C=O) groups excluding carboxylic acids is 1. The van der Waals surface area contributed by atoms with Gasteiger partial charge in [-0.2, -0.15) is 0 Å². The van der Waals surface area contributed by atoms with Crippen molar-refractivity contribution in [1.29, 1.82) is 0 Å². The maximum Gasteiger partial charge on any atom is 0.228 e.